The summed E-state index contributed by atoms with van der Waals surface area (Å²) in [4.78, 5) is 25.6. The number of nitrogens with zero attached hydrogens (tertiary/aromatic N) is 1. The Kier molecular flexibility index (Phi) is 3.36. The first kappa shape index (κ1) is 12.6. The summed E-state index contributed by atoms with van der Waals surface area (Å²) in [5.74, 6) is -2.41. The van der Waals surface area contributed by atoms with Crippen LogP contribution in [0.4, 0.5) is 0 Å². The maximum Gasteiger partial charge on any atom is 0.374 e. The fourth-order valence-electron chi connectivity index (χ4n) is 2.31. The van der Waals surface area contributed by atoms with Gasteiger partial charge in [-0.1, -0.05) is 6.92 Å². The van der Waals surface area contributed by atoms with E-state index < -0.39 is 23.4 Å². The van der Waals surface area contributed by atoms with Gasteiger partial charge >= 0.3 is 11.9 Å². The maximum atomic E-state index is 10.9. The van der Waals surface area contributed by atoms with Gasteiger partial charge in [0.2, 0.25) is 11.5 Å². The maximum absolute atomic E-state index is 10.9. The number of rotatable bonds is 3. The lowest BCUT2D eigenvalue weighted by molar-refractivity contribution is 0.0622. The highest BCUT2D eigenvalue weighted by Crippen LogP contribution is 2.35. The minimum Gasteiger partial charge on any atom is -0.476 e. The number of carboxylic acids is 2. The highest BCUT2D eigenvalue weighted by molar-refractivity contribution is 5.98. The number of oxazole rings is 1. The molecule has 1 heterocycles. The van der Waals surface area contributed by atoms with Crippen molar-refractivity contribution in [1.82, 2.24) is 4.98 Å². The van der Waals surface area contributed by atoms with Crippen LogP contribution in [0, 0.1) is 5.92 Å². The van der Waals surface area contributed by atoms with Crippen LogP contribution in [-0.4, -0.2) is 27.1 Å². The highest BCUT2D eigenvalue weighted by atomic mass is 16.4. The zero-order valence-corrected chi connectivity index (χ0v) is 10.0. The molecule has 1 aromatic heterocycles. The summed E-state index contributed by atoms with van der Waals surface area (Å²) in [5.41, 5.74) is -0.504. The average Bonchev–Trinajstić information content (AvgIpc) is 2.75. The van der Waals surface area contributed by atoms with Crippen LogP contribution in [0.5, 0.6) is 0 Å². The van der Waals surface area contributed by atoms with Gasteiger partial charge in [-0.25, -0.2) is 14.6 Å². The van der Waals surface area contributed by atoms with Gasteiger partial charge in [-0.3, -0.25) is 0 Å². The topological polar surface area (TPSA) is 101 Å². The standard InChI is InChI=1S/C12H15NO5/c1-6-2-4-7(5-3-6)10-13-8(11(14)15)9(18-10)12(16)17/h6-7H,2-5H2,1H3,(H,14,15)(H,16,17). The Balaban J connectivity index is 2.26. The van der Waals surface area contributed by atoms with Crippen molar-refractivity contribution in [1.29, 1.82) is 0 Å². The first-order valence-corrected chi connectivity index (χ1v) is 5.96. The number of carboxylic acid groups (broad SMARTS) is 2. The molecule has 6 heteroatoms. The minimum atomic E-state index is -1.39. The molecular formula is C12H15NO5. The first-order valence-electron chi connectivity index (χ1n) is 5.96. The molecule has 6 nitrogen and oxygen atoms in total. The quantitative estimate of drug-likeness (QED) is 0.857. The summed E-state index contributed by atoms with van der Waals surface area (Å²) >= 11 is 0. The van der Waals surface area contributed by atoms with Gasteiger partial charge in [0, 0.05) is 5.92 Å². The van der Waals surface area contributed by atoms with Gasteiger partial charge in [0.15, 0.2) is 5.89 Å². The minimum absolute atomic E-state index is 0.0346. The Morgan fingerprint density at radius 1 is 1.17 bits per heavy atom. The summed E-state index contributed by atoms with van der Waals surface area (Å²) in [7, 11) is 0. The molecule has 18 heavy (non-hydrogen) atoms. The van der Waals surface area contributed by atoms with Crippen molar-refractivity contribution in [2.24, 2.45) is 5.92 Å². The molecule has 1 aromatic rings. The van der Waals surface area contributed by atoms with Crippen LogP contribution in [0.3, 0.4) is 0 Å². The lowest BCUT2D eigenvalue weighted by Gasteiger charge is -2.23. The Hall–Kier alpha value is -1.85. The molecule has 0 aliphatic heterocycles. The van der Waals surface area contributed by atoms with Crippen molar-refractivity contribution < 1.29 is 24.2 Å². The molecule has 1 fully saturated rings. The Labute approximate surface area is 104 Å². The van der Waals surface area contributed by atoms with Crippen LogP contribution in [0.25, 0.3) is 0 Å². The second-order valence-electron chi connectivity index (χ2n) is 4.80. The molecule has 2 rings (SSSR count). The lowest BCUT2D eigenvalue weighted by atomic mass is 9.83. The van der Waals surface area contributed by atoms with Crippen LogP contribution in [-0.2, 0) is 0 Å². The number of hydrogen-bond donors (Lipinski definition) is 2. The fraction of sp³-hybridized carbons (Fsp3) is 0.583. The van der Waals surface area contributed by atoms with Crippen LogP contribution in [0.15, 0.2) is 4.42 Å². The molecule has 0 atom stereocenters. The molecule has 0 saturated heterocycles. The zero-order valence-electron chi connectivity index (χ0n) is 10.0. The van der Waals surface area contributed by atoms with E-state index >= 15 is 0 Å². The van der Waals surface area contributed by atoms with Crippen LogP contribution in [0.1, 0.15) is 65.5 Å². The lowest BCUT2D eigenvalue weighted by Crippen LogP contribution is -2.11. The number of aromatic nitrogens is 1. The first-order chi connectivity index (χ1) is 8.49. The van der Waals surface area contributed by atoms with Crippen molar-refractivity contribution in [3.8, 4) is 0 Å². The van der Waals surface area contributed by atoms with Gasteiger partial charge < -0.3 is 14.6 Å². The summed E-state index contributed by atoms with van der Waals surface area (Å²) in [6.07, 6.45) is 3.77. The molecule has 0 spiro atoms. The molecule has 0 aromatic carbocycles. The molecule has 0 radical (unpaired) electrons. The third kappa shape index (κ3) is 2.37. The predicted octanol–water partition coefficient (Wildman–Crippen LogP) is 2.36. The average molecular weight is 253 g/mol. The second-order valence-corrected chi connectivity index (χ2v) is 4.80. The smallest absolute Gasteiger partial charge is 0.374 e. The summed E-state index contributed by atoms with van der Waals surface area (Å²) in [6, 6.07) is 0. The van der Waals surface area contributed by atoms with Crippen LogP contribution >= 0.6 is 0 Å². The molecular weight excluding hydrogens is 238 g/mol. The summed E-state index contributed by atoms with van der Waals surface area (Å²) < 4.78 is 5.12. The van der Waals surface area contributed by atoms with E-state index in [9.17, 15) is 9.59 Å². The van der Waals surface area contributed by atoms with Crippen molar-refractivity contribution in [2.45, 2.75) is 38.5 Å². The highest BCUT2D eigenvalue weighted by Gasteiger charge is 2.30. The molecule has 0 unspecified atom stereocenters. The number of hydrogen-bond acceptors (Lipinski definition) is 4. The molecule has 1 aliphatic rings. The predicted molar refractivity (Wildman–Crippen MR) is 60.8 cm³/mol. The van der Waals surface area contributed by atoms with Crippen molar-refractivity contribution in [3.63, 3.8) is 0 Å². The van der Waals surface area contributed by atoms with E-state index in [-0.39, 0.29) is 11.8 Å². The Bertz CT molecular complexity index is 439. The fourth-order valence-corrected chi connectivity index (χ4v) is 2.31. The SMILES string of the molecule is CC1CCC(c2nc(C(=O)O)c(C(=O)O)o2)CC1. The van der Waals surface area contributed by atoms with E-state index in [1.807, 2.05) is 0 Å². The van der Waals surface area contributed by atoms with Crippen LogP contribution in [0.2, 0.25) is 0 Å². The van der Waals surface area contributed by atoms with E-state index in [1.54, 1.807) is 0 Å². The molecule has 1 saturated carbocycles. The molecule has 1 aliphatic carbocycles. The summed E-state index contributed by atoms with van der Waals surface area (Å²) in [5, 5.41) is 17.8. The van der Waals surface area contributed by atoms with Gasteiger partial charge in [0.1, 0.15) is 0 Å². The molecule has 98 valence electrons. The normalized spacial score (nSPS) is 23.8. The van der Waals surface area contributed by atoms with E-state index in [0.29, 0.717) is 5.92 Å². The van der Waals surface area contributed by atoms with Crippen molar-refractivity contribution in [2.75, 3.05) is 0 Å². The van der Waals surface area contributed by atoms with E-state index in [4.69, 9.17) is 14.6 Å². The monoisotopic (exact) mass is 253 g/mol. The van der Waals surface area contributed by atoms with Gasteiger partial charge in [0.25, 0.3) is 0 Å². The summed E-state index contributed by atoms with van der Waals surface area (Å²) in [6.45, 7) is 2.16. The van der Waals surface area contributed by atoms with Gasteiger partial charge in [-0.05, 0) is 31.6 Å². The van der Waals surface area contributed by atoms with E-state index in [1.165, 1.54) is 0 Å². The van der Waals surface area contributed by atoms with Crippen molar-refractivity contribution >= 4 is 11.9 Å². The van der Waals surface area contributed by atoms with Crippen LogP contribution < -0.4 is 0 Å². The van der Waals surface area contributed by atoms with E-state index in [2.05, 4.69) is 11.9 Å². The van der Waals surface area contributed by atoms with Crippen molar-refractivity contribution in [3.05, 3.63) is 17.3 Å². The number of carbonyl (C=O) groups is 2. The van der Waals surface area contributed by atoms with E-state index in [0.717, 1.165) is 25.7 Å². The zero-order chi connectivity index (χ0) is 13.3. The number of aromatic carboxylic acids is 2. The second kappa shape index (κ2) is 4.80. The largest absolute Gasteiger partial charge is 0.476 e. The molecule has 0 bridgehead atoms. The molecule has 0 amide bonds. The van der Waals surface area contributed by atoms with Gasteiger partial charge in [-0.2, -0.15) is 0 Å². The Morgan fingerprint density at radius 3 is 2.22 bits per heavy atom. The van der Waals surface area contributed by atoms with Gasteiger partial charge in [0.05, 0.1) is 0 Å². The Morgan fingerprint density at radius 2 is 1.78 bits per heavy atom. The third-order valence-electron chi connectivity index (χ3n) is 3.41. The van der Waals surface area contributed by atoms with Gasteiger partial charge in [-0.15, -0.1) is 0 Å². The molecule has 2 N–H and O–H groups in total. The third-order valence-corrected chi connectivity index (χ3v) is 3.41.